The molecule has 0 aliphatic rings. The second-order valence-electron chi connectivity index (χ2n) is 10.2. The number of anilines is 6. The van der Waals surface area contributed by atoms with Gasteiger partial charge >= 0.3 is 0 Å². The lowest BCUT2D eigenvalue weighted by Crippen LogP contribution is -2.11. The van der Waals surface area contributed by atoms with Crippen LogP contribution >= 0.6 is 0 Å². The summed E-state index contributed by atoms with van der Waals surface area (Å²) in [5.41, 5.74) is 8.27. The first-order chi connectivity index (χ1) is 21.7. The van der Waals surface area contributed by atoms with Gasteiger partial charge in [0, 0.05) is 24.1 Å². The van der Waals surface area contributed by atoms with Crippen LogP contribution in [-0.2, 0) is 0 Å². The molecule has 0 saturated carbocycles. The molecule has 5 heteroatoms. The Kier molecular flexibility index (Phi) is 8.85. The van der Waals surface area contributed by atoms with Crippen LogP contribution in [0.3, 0.4) is 0 Å². The zero-order chi connectivity index (χ0) is 30.0. The third-order valence-electron chi connectivity index (χ3n) is 7.15. The smallest absolute Gasteiger partial charge is 0.0652 e. The predicted molar refractivity (Wildman–Crippen MR) is 186 cm³/mol. The largest absolute Gasteiger partial charge is 0.311 e. The number of benzene rings is 6. The zero-order valence-electron chi connectivity index (χ0n) is 24.6. The highest BCUT2D eigenvalue weighted by Crippen LogP contribution is 2.34. The summed E-state index contributed by atoms with van der Waals surface area (Å²) in [6.45, 7) is 0. The minimum atomic E-state index is 1.00. The fourth-order valence-corrected chi connectivity index (χ4v) is 4.85. The molecular formula is C39H33N5. The van der Waals surface area contributed by atoms with Crippen molar-refractivity contribution in [3.63, 3.8) is 0 Å². The Bertz CT molecular complexity index is 1750. The van der Waals surface area contributed by atoms with Crippen molar-refractivity contribution in [2.75, 3.05) is 22.0 Å². The third kappa shape index (κ3) is 6.92. The van der Waals surface area contributed by atoms with Gasteiger partial charge in [-0.15, -0.1) is 0 Å². The third-order valence-corrected chi connectivity index (χ3v) is 7.15. The summed E-state index contributed by atoms with van der Waals surface area (Å²) in [7, 11) is 1.95. The molecule has 5 nitrogen and oxygen atoms in total. The monoisotopic (exact) mass is 571 g/mol. The molecule has 0 aliphatic carbocycles. The molecule has 44 heavy (non-hydrogen) atoms. The van der Waals surface area contributed by atoms with Gasteiger partial charge in [-0.2, -0.15) is 10.2 Å². The van der Waals surface area contributed by atoms with E-state index in [0.29, 0.717) is 0 Å². The van der Waals surface area contributed by atoms with Crippen molar-refractivity contribution in [1.82, 2.24) is 0 Å². The zero-order valence-corrected chi connectivity index (χ0v) is 24.6. The second-order valence-corrected chi connectivity index (χ2v) is 10.2. The Morgan fingerprint density at radius 2 is 0.705 bits per heavy atom. The molecule has 6 aromatic rings. The van der Waals surface area contributed by atoms with E-state index in [2.05, 4.69) is 107 Å². The SMILES string of the molecule is CN(/N=C/c1ccc(N(c2ccccc2)c2ccc(/C=N/N(c3ccccc3)c3ccccc3)cc2)cc1)c1ccccc1. The number of nitrogens with zero attached hydrogens (tertiary/aromatic N) is 5. The van der Waals surface area contributed by atoms with Crippen LogP contribution < -0.4 is 14.9 Å². The molecule has 0 spiro atoms. The van der Waals surface area contributed by atoms with Crippen molar-refractivity contribution in [2.45, 2.75) is 0 Å². The van der Waals surface area contributed by atoms with E-state index >= 15 is 0 Å². The summed E-state index contributed by atoms with van der Waals surface area (Å²) in [6.07, 6.45) is 3.78. The average molecular weight is 572 g/mol. The highest BCUT2D eigenvalue weighted by atomic mass is 15.5. The first-order valence-corrected chi connectivity index (χ1v) is 14.6. The van der Waals surface area contributed by atoms with Crippen LogP contribution in [0.5, 0.6) is 0 Å². The number of para-hydroxylation sites is 4. The maximum Gasteiger partial charge on any atom is 0.0652 e. The standard InChI is InChI=1S/C39H33N5/c1-42(34-14-6-2-7-15-34)40-30-32-22-26-36(27-23-32)43(35-16-8-3-9-17-35)37-28-24-33(25-29-37)31-41-44(38-18-10-4-11-19-38)39-20-12-5-13-21-39/h2-31H,1H3/b40-30+,41-31+. The van der Waals surface area contributed by atoms with Gasteiger partial charge in [0.05, 0.1) is 29.5 Å². The Morgan fingerprint density at radius 1 is 0.364 bits per heavy atom. The summed E-state index contributed by atoms with van der Waals surface area (Å²) in [6, 6.07) is 57.8. The Balaban J connectivity index is 1.24. The van der Waals surface area contributed by atoms with E-state index in [1.165, 1.54) is 0 Å². The van der Waals surface area contributed by atoms with Crippen LogP contribution in [0.2, 0.25) is 0 Å². The van der Waals surface area contributed by atoms with Crippen LogP contribution in [0.1, 0.15) is 11.1 Å². The molecule has 0 fully saturated rings. The molecule has 214 valence electrons. The van der Waals surface area contributed by atoms with Gasteiger partial charge in [0.1, 0.15) is 0 Å². The van der Waals surface area contributed by atoms with Crippen molar-refractivity contribution < 1.29 is 0 Å². The maximum atomic E-state index is 4.86. The van der Waals surface area contributed by atoms with Crippen LogP contribution in [0.15, 0.2) is 180 Å². The molecule has 6 rings (SSSR count). The number of hydrazone groups is 2. The number of hydrogen-bond acceptors (Lipinski definition) is 5. The molecule has 0 amide bonds. The lowest BCUT2D eigenvalue weighted by atomic mass is 10.1. The topological polar surface area (TPSA) is 34.4 Å². The number of rotatable bonds is 10. The fraction of sp³-hybridized carbons (Fsp3) is 0.0256. The molecular weight excluding hydrogens is 538 g/mol. The van der Waals surface area contributed by atoms with Gasteiger partial charge in [0.25, 0.3) is 0 Å². The van der Waals surface area contributed by atoms with Gasteiger partial charge in [-0.05, 0) is 83.9 Å². The Hall–Kier alpha value is -5.94. The van der Waals surface area contributed by atoms with E-state index in [0.717, 1.165) is 45.3 Å². The summed E-state index contributed by atoms with van der Waals surface area (Å²) < 4.78 is 0. The van der Waals surface area contributed by atoms with Crippen LogP contribution in [0.4, 0.5) is 34.1 Å². The minimum Gasteiger partial charge on any atom is -0.311 e. The van der Waals surface area contributed by atoms with E-state index in [9.17, 15) is 0 Å². The molecule has 0 unspecified atom stereocenters. The first kappa shape index (κ1) is 28.2. The van der Waals surface area contributed by atoms with Crippen LogP contribution in [0, 0.1) is 0 Å². The molecule has 0 aromatic heterocycles. The molecule has 0 aliphatic heterocycles. The normalized spacial score (nSPS) is 11.1. The van der Waals surface area contributed by atoms with Crippen LogP contribution in [0.25, 0.3) is 0 Å². The summed E-state index contributed by atoms with van der Waals surface area (Å²) in [5.74, 6) is 0. The lowest BCUT2D eigenvalue weighted by molar-refractivity contribution is 1.02. The molecule has 0 saturated heterocycles. The quantitative estimate of drug-likeness (QED) is 0.121. The van der Waals surface area contributed by atoms with Gasteiger partial charge < -0.3 is 4.90 Å². The van der Waals surface area contributed by atoms with Gasteiger partial charge in [0.15, 0.2) is 0 Å². The lowest BCUT2D eigenvalue weighted by Gasteiger charge is -2.25. The van der Waals surface area contributed by atoms with Gasteiger partial charge in [-0.25, -0.2) is 5.01 Å². The summed E-state index contributed by atoms with van der Waals surface area (Å²) in [4.78, 5) is 2.25. The van der Waals surface area contributed by atoms with Crippen molar-refractivity contribution >= 4 is 46.6 Å². The van der Waals surface area contributed by atoms with Crippen molar-refractivity contribution in [2.24, 2.45) is 10.2 Å². The Morgan fingerprint density at radius 3 is 1.14 bits per heavy atom. The van der Waals surface area contributed by atoms with Crippen molar-refractivity contribution in [3.8, 4) is 0 Å². The molecule has 0 N–H and O–H groups in total. The van der Waals surface area contributed by atoms with Crippen molar-refractivity contribution in [3.05, 3.63) is 181 Å². The summed E-state index contributed by atoms with van der Waals surface area (Å²) in [5, 5.41) is 13.3. The molecule has 0 radical (unpaired) electrons. The molecule has 6 aromatic carbocycles. The van der Waals surface area contributed by atoms with Gasteiger partial charge in [-0.1, -0.05) is 97.1 Å². The number of hydrogen-bond donors (Lipinski definition) is 0. The van der Waals surface area contributed by atoms with E-state index < -0.39 is 0 Å². The van der Waals surface area contributed by atoms with Crippen molar-refractivity contribution in [1.29, 1.82) is 0 Å². The highest BCUT2D eigenvalue weighted by Gasteiger charge is 2.12. The van der Waals surface area contributed by atoms with E-state index in [1.807, 2.05) is 102 Å². The van der Waals surface area contributed by atoms with E-state index in [-0.39, 0.29) is 0 Å². The van der Waals surface area contributed by atoms with E-state index in [4.69, 9.17) is 5.10 Å². The predicted octanol–water partition coefficient (Wildman–Crippen LogP) is 9.80. The first-order valence-electron chi connectivity index (χ1n) is 14.6. The average Bonchev–Trinajstić information content (AvgIpc) is 3.10. The van der Waals surface area contributed by atoms with Gasteiger partial charge in [-0.3, -0.25) is 5.01 Å². The Labute approximate surface area is 259 Å². The molecule has 0 bridgehead atoms. The van der Waals surface area contributed by atoms with Crippen LogP contribution in [-0.4, -0.2) is 19.5 Å². The minimum absolute atomic E-state index is 1.00. The van der Waals surface area contributed by atoms with Gasteiger partial charge in [0.2, 0.25) is 0 Å². The maximum absolute atomic E-state index is 4.86. The second kappa shape index (κ2) is 13.8. The highest BCUT2D eigenvalue weighted by molar-refractivity contribution is 5.85. The fourth-order valence-electron chi connectivity index (χ4n) is 4.85. The van der Waals surface area contributed by atoms with E-state index in [1.54, 1.807) is 0 Å². The summed E-state index contributed by atoms with van der Waals surface area (Å²) >= 11 is 0. The molecule has 0 heterocycles. The molecule has 0 atom stereocenters.